The molecule has 1 saturated heterocycles. The molecule has 2 rings (SSSR count). The van der Waals surface area contributed by atoms with Crippen molar-refractivity contribution in [2.75, 3.05) is 25.0 Å². The molecule has 19 heavy (non-hydrogen) atoms. The fourth-order valence-electron chi connectivity index (χ4n) is 1.82. The van der Waals surface area contributed by atoms with Gasteiger partial charge in [-0.25, -0.2) is 4.79 Å². The molecule has 0 bridgehead atoms. The van der Waals surface area contributed by atoms with Crippen LogP contribution in [-0.4, -0.2) is 35.8 Å². The van der Waals surface area contributed by atoms with E-state index in [9.17, 15) is 4.79 Å². The van der Waals surface area contributed by atoms with Crippen LogP contribution < -0.4 is 10.6 Å². The van der Waals surface area contributed by atoms with Crippen molar-refractivity contribution in [1.29, 1.82) is 0 Å². The van der Waals surface area contributed by atoms with Crippen LogP contribution >= 0.6 is 12.2 Å². The first-order valence-electron chi connectivity index (χ1n) is 6.24. The van der Waals surface area contributed by atoms with E-state index in [1.165, 1.54) is 0 Å². The zero-order valence-corrected chi connectivity index (χ0v) is 11.6. The number of amides is 1. The van der Waals surface area contributed by atoms with Crippen molar-refractivity contribution in [3.8, 4) is 0 Å². The van der Waals surface area contributed by atoms with Gasteiger partial charge in [0.15, 0.2) is 5.11 Å². The van der Waals surface area contributed by atoms with Crippen LogP contribution in [0.5, 0.6) is 0 Å². The van der Waals surface area contributed by atoms with Gasteiger partial charge in [0.1, 0.15) is 6.61 Å². The average molecular weight is 279 g/mol. The molecule has 5 nitrogen and oxygen atoms in total. The second-order valence-corrected chi connectivity index (χ2v) is 4.63. The number of thiocarbonyl (C=S) groups is 1. The number of carbonyl (C=O) groups is 1. The van der Waals surface area contributed by atoms with Crippen LogP contribution in [0.15, 0.2) is 24.3 Å². The minimum atomic E-state index is -0.240. The molecule has 0 unspecified atom stereocenters. The largest absolute Gasteiger partial charge is 0.448 e. The number of hydrogen-bond donors (Lipinski definition) is 2. The smallest absolute Gasteiger partial charge is 0.410 e. The number of anilines is 1. The third-order valence-corrected chi connectivity index (χ3v) is 3.01. The lowest BCUT2D eigenvalue weighted by atomic mass is 10.2. The quantitative estimate of drug-likeness (QED) is 0.825. The number of cyclic esters (lactones) is 1. The Bertz CT molecular complexity index is 461. The Balaban J connectivity index is 1.91. The Kier molecular flexibility index (Phi) is 4.57. The van der Waals surface area contributed by atoms with Crippen molar-refractivity contribution >= 4 is 29.1 Å². The maximum absolute atomic E-state index is 11.3. The van der Waals surface area contributed by atoms with Crippen LogP contribution in [0, 0.1) is 0 Å². The van der Waals surface area contributed by atoms with Crippen molar-refractivity contribution in [1.82, 2.24) is 10.2 Å². The highest BCUT2D eigenvalue weighted by molar-refractivity contribution is 7.80. The average Bonchev–Trinajstić information content (AvgIpc) is 2.78. The van der Waals surface area contributed by atoms with Gasteiger partial charge in [-0.1, -0.05) is 12.1 Å². The van der Waals surface area contributed by atoms with Gasteiger partial charge in [0.25, 0.3) is 0 Å². The van der Waals surface area contributed by atoms with Gasteiger partial charge in [-0.05, 0) is 36.8 Å². The number of nitrogens with one attached hydrogen (secondary N) is 2. The molecule has 1 amide bonds. The predicted octanol–water partition coefficient (Wildman–Crippen LogP) is 1.95. The second-order valence-electron chi connectivity index (χ2n) is 4.22. The zero-order valence-electron chi connectivity index (χ0n) is 10.8. The summed E-state index contributed by atoms with van der Waals surface area (Å²) in [6.45, 7) is 4.50. The van der Waals surface area contributed by atoms with E-state index in [0.29, 0.717) is 24.8 Å². The van der Waals surface area contributed by atoms with Crippen molar-refractivity contribution < 1.29 is 9.53 Å². The van der Waals surface area contributed by atoms with Gasteiger partial charge in [0.05, 0.1) is 6.54 Å². The highest BCUT2D eigenvalue weighted by atomic mass is 32.1. The van der Waals surface area contributed by atoms with E-state index in [1.807, 2.05) is 31.2 Å². The first-order chi connectivity index (χ1) is 9.19. The first-order valence-corrected chi connectivity index (χ1v) is 6.65. The van der Waals surface area contributed by atoms with Crippen LogP contribution in [0.25, 0.3) is 0 Å². The third-order valence-electron chi connectivity index (χ3n) is 2.77. The molecule has 0 aromatic heterocycles. The maximum Gasteiger partial charge on any atom is 0.410 e. The van der Waals surface area contributed by atoms with E-state index in [0.717, 1.165) is 17.8 Å². The number of nitrogens with zero attached hydrogens (tertiary/aromatic N) is 1. The summed E-state index contributed by atoms with van der Waals surface area (Å²) in [6, 6.07) is 7.84. The topological polar surface area (TPSA) is 53.6 Å². The van der Waals surface area contributed by atoms with Gasteiger partial charge >= 0.3 is 6.09 Å². The molecular weight excluding hydrogens is 262 g/mol. The number of carbonyl (C=O) groups excluding carboxylic acids is 1. The minimum absolute atomic E-state index is 0.240. The van der Waals surface area contributed by atoms with Crippen molar-refractivity contribution in [2.45, 2.75) is 13.5 Å². The van der Waals surface area contributed by atoms with E-state index in [1.54, 1.807) is 4.90 Å². The maximum atomic E-state index is 11.3. The van der Waals surface area contributed by atoms with Crippen molar-refractivity contribution in [2.24, 2.45) is 0 Å². The van der Waals surface area contributed by atoms with E-state index in [-0.39, 0.29) is 6.09 Å². The van der Waals surface area contributed by atoms with Gasteiger partial charge in [0.2, 0.25) is 0 Å². The lowest BCUT2D eigenvalue weighted by Crippen LogP contribution is -2.27. The van der Waals surface area contributed by atoms with Gasteiger partial charge in [-0.3, -0.25) is 0 Å². The fourth-order valence-corrected chi connectivity index (χ4v) is 2.08. The summed E-state index contributed by atoms with van der Waals surface area (Å²) >= 11 is 5.11. The summed E-state index contributed by atoms with van der Waals surface area (Å²) in [5, 5.41) is 6.72. The lowest BCUT2D eigenvalue weighted by molar-refractivity contribution is 0.157. The summed E-state index contributed by atoms with van der Waals surface area (Å²) in [4.78, 5) is 13.0. The molecule has 1 fully saturated rings. The molecule has 0 spiro atoms. The van der Waals surface area contributed by atoms with Crippen LogP contribution in [0.2, 0.25) is 0 Å². The Labute approximate surface area is 117 Å². The number of benzene rings is 1. The third kappa shape index (κ3) is 3.82. The van der Waals surface area contributed by atoms with Gasteiger partial charge in [-0.15, -0.1) is 0 Å². The summed E-state index contributed by atoms with van der Waals surface area (Å²) in [5.74, 6) is 0. The predicted molar refractivity (Wildman–Crippen MR) is 78.1 cm³/mol. The van der Waals surface area contributed by atoms with E-state index in [2.05, 4.69) is 10.6 Å². The van der Waals surface area contributed by atoms with Gasteiger partial charge in [-0.2, -0.15) is 0 Å². The normalized spacial score (nSPS) is 14.2. The van der Waals surface area contributed by atoms with Crippen LogP contribution in [0.4, 0.5) is 10.5 Å². The lowest BCUT2D eigenvalue weighted by Gasteiger charge is -2.13. The molecule has 102 valence electrons. The zero-order chi connectivity index (χ0) is 13.7. The molecular formula is C13H17N3O2S. The van der Waals surface area contributed by atoms with E-state index in [4.69, 9.17) is 17.0 Å². The molecule has 0 aliphatic carbocycles. The Morgan fingerprint density at radius 2 is 2.16 bits per heavy atom. The number of rotatable bonds is 4. The Hall–Kier alpha value is -1.82. The van der Waals surface area contributed by atoms with Crippen molar-refractivity contribution in [3.63, 3.8) is 0 Å². The van der Waals surface area contributed by atoms with Gasteiger partial charge < -0.3 is 20.3 Å². The second kappa shape index (κ2) is 6.38. The molecule has 1 aromatic rings. The standard InChI is InChI=1S/C13H17N3O2S/c1-2-14-12(19)15-11-5-3-10(4-6-11)9-16-7-8-18-13(16)17/h3-6H,2,7-9H2,1H3,(H2,14,15,19). The molecule has 0 atom stereocenters. The number of ether oxygens (including phenoxy) is 1. The molecule has 0 saturated carbocycles. The first kappa shape index (κ1) is 13.6. The fraction of sp³-hybridized carbons (Fsp3) is 0.385. The Morgan fingerprint density at radius 3 is 2.74 bits per heavy atom. The minimum Gasteiger partial charge on any atom is -0.448 e. The molecule has 0 radical (unpaired) electrons. The van der Waals surface area contributed by atoms with Gasteiger partial charge in [0, 0.05) is 18.8 Å². The summed E-state index contributed by atoms with van der Waals surface area (Å²) < 4.78 is 4.89. The van der Waals surface area contributed by atoms with Crippen LogP contribution in [0.3, 0.4) is 0 Å². The molecule has 2 N–H and O–H groups in total. The molecule has 1 aliphatic rings. The summed E-state index contributed by atoms with van der Waals surface area (Å²) in [7, 11) is 0. The monoisotopic (exact) mass is 279 g/mol. The van der Waals surface area contributed by atoms with Crippen molar-refractivity contribution in [3.05, 3.63) is 29.8 Å². The number of hydrogen-bond acceptors (Lipinski definition) is 3. The summed E-state index contributed by atoms with van der Waals surface area (Å²) in [6.07, 6.45) is -0.240. The SMILES string of the molecule is CCNC(=S)Nc1ccc(CN2CCOC2=O)cc1. The molecule has 6 heteroatoms. The van der Waals surface area contributed by atoms with E-state index < -0.39 is 0 Å². The highest BCUT2D eigenvalue weighted by Gasteiger charge is 2.21. The van der Waals surface area contributed by atoms with E-state index >= 15 is 0 Å². The molecule has 1 aromatic carbocycles. The Morgan fingerprint density at radius 1 is 1.42 bits per heavy atom. The molecule has 1 aliphatic heterocycles. The van der Waals surface area contributed by atoms with Crippen LogP contribution in [-0.2, 0) is 11.3 Å². The highest BCUT2D eigenvalue weighted by Crippen LogP contribution is 2.13. The molecule has 1 heterocycles. The summed E-state index contributed by atoms with van der Waals surface area (Å²) in [5.41, 5.74) is 2.00. The van der Waals surface area contributed by atoms with Crippen LogP contribution in [0.1, 0.15) is 12.5 Å².